The topological polar surface area (TPSA) is 61.9 Å². The van der Waals surface area contributed by atoms with E-state index in [1.54, 1.807) is 0 Å². The van der Waals surface area contributed by atoms with Gasteiger partial charge in [-0.25, -0.2) is 0 Å². The van der Waals surface area contributed by atoms with Gasteiger partial charge in [-0.05, 0) is 48.8 Å². The van der Waals surface area contributed by atoms with Gasteiger partial charge < -0.3 is 15.0 Å². The van der Waals surface area contributed by atoms with Gasteiger partial charge in [0.05, 0.1) is 12.1 Å². The van der Waals surface area contributed by atoms with Gasteiger partial charge >= 0.3 is 0 Å². The van der Waals surface area contributed by atoms with E-state index < -0.39 is 0 Å². The van der Waals surface area contributed by atoms with E-state index in [1.165, 1.54) is 5.56 Å². The molecule has 0 spiro atoms. The largest absolute Gasteiger partial charge is 0.493 e. The summed E-state index contributed by atoms with van der Waals surface area (Å²) in [6, 6.07) is 24.0. The number of nitrogens with zero attached hydrogens (tertiary/aromatic N) is 3. The molecule has 5 nitrogen and oxygen atoms in total. The van der Waals surface area contributed by atoms with E-state index in [9.17, 15) is 5.11 Å². The van der Waals surface area contributed by atoms with Crippen LogP contribution in [-0.4, -0.2) is 14.8 Å². The molecule has 0 bridgehead atoms. The first kappa shape index (κ1) is 20.8. The zero-order valence-electron chi connectivity index (χ0n) is 17.5. The SMILES string of the molecule is CCc1ccccc1NC(=S)N=Nc1c(O)n(Cc2ccc(C)cc2)c2ccccc12. The molecule has 4 rings (SSSR count). The first-order valence-electron chi connectivity index (χ1n) is 10.2. The highest BCUT2D eigenvalue weighted by atomic mass is 32.1. The van der Waals surface area contributed by atoms with Crippen molar-refractivity contribution in [1.29, 1.82) is 0 Å². The normalized spacial score (nSPS) is 11.3. The lowest BCUT2D eigenvalue weighted by molar-refractivity contribution is 0.429. The molecule has 2 N–H and O–H groups in total. The van der Waals surface area contributed by atoms with Crippen LogP contribution in [0.15, 0.2) is 83.0 Å². The molecule has 0 fully saturated rings. The smallest absolute Gasteiger partial charge is 0.221 e. The molecule has 1 heterocycles. The molecule has 0 aliphatic rings. The number of rotatable bonds is 5. The average molecular weight is 429 g/mol. The molecule has 3 aromatic carbocycles. The lowest BCUT2D eigenvalue weighted by atomic mass is 10.1. The Bertz CT molecular complexity index is 1260. The number of aryl methyl sites for hydroxylation is 2. The second-order valence-electron chi connectivity index (χ2n) is 7.40. The van der Waals surface area contributed by atoms with Crippen molar-refractivity contribution in [3.05, 3.63) is 89.5 Å². The lowest BCUT2D eigenvalue weighted by Crippen LogP contribution is -2.07. The number of thiocarbonyl (C=S) groups is 1. The van der Waals surface area contributed by atoms with Crippen molar-refractivity contribution in [1.82, 2.24) is 4.57 Å². The first-order valence-corrected chi connectivity index (χ1v) is 10.6. The predicted molar refractivity (Wildman–Crippen MR) is 130 cm³/mol. The highest BCUT2D eigenvalue weighted by Gasteiger charge is 2.16. The van der Waals surface area contributed by atoms with Gasteiger partial charge in [-0.3, -0.25) is 0 Å². The van der Waals surface area contributed by atoms with Crippen molar-refractivity contribution in [2.45, 2.75) is 26.8 Å². The van der Waals surface area contributed by atoms with E-state index in [2.05, 4.69) is 53.7 Å². The van der Waals surface area contributed by atoms with Crippen LogP contribution >= 0.6 is 12.2 Å². The van der Waals surface area contributed by atoms with Crippen molar-refractivity contribution in [3.63, 3.8) is 0 Å². The zero-order chi connectivity index (χ0) is 21.8. The summed E-state index contributed by atoms with van der Waals surface area (Å²) in [5.41, 5.74) is 5.67. The molecule has 0 atom stereocenters. The van der Waals surface area contributed by atoms with Crippen molar-refractivity contribution >= 4 is 39.6 Å². The Morgan fingerprint density at radius 2 is 1.71 bits per heavy atom. The lowest BCUT2D eigenvalue weighted by Gasteiger charge is -2.08. The van der Waals surface area contributed by atoms with Gasteiger partial charge in [0.15, 0.2) is 5.69 Å². The molecule has 4 aromatic rings. The Balaban J connectivity index is 1.64. The number of nitrogens with one attached hydrogen (secondary N) is 1. The number of hydrogen-bond donors (Lipinski definition) is 2. The highest BCUT2D eigenvalue weighted by molar-refractivity contribution is 7.80. The zero-order valence-corrected chi connectivity index (χ0v) is 18.4. The summed E-state index contributed by atoms with van der Waals surface area (Å²) >= 11 is 5.37. The number of para-hydroxylation sites is 2. The van der Waals surface area contributed by atoms with Crippen molar-refractivity contribution in [3.8, 4) is 5.88 Å². The van der Waals surface area contributed by atoms with Gasteiger partial charge in [0.2, 0.25) is 11.0 Å². The molecule has 1 aromatic heterocycles. The van der Waals surface area contributed by atoms with Crippen LogP contribution in [0.25, 0.3) is 10.9 Å². The summed E-state index contributed by atoms with van der Waals surface area (Å²) in [5, 5.41) is 23.7. The van der Waals surface area contributed by atoms with Crippen molar-refractivity contribution in [2.24, 2.45) is 10.2 Å². The molecule has 0 radical (unpaired) electrons. The fourth-order valence-electron chi connectivity index (χ4n) is 3.59. The third-order valence-corrected chi connectivity index (χ3v) is 5.44. The number of benzene rings is 3. The maximum absolute atomic E-state index is 11.0. The Kier molecular flexibility index (Phi) is 6.09. The summed E-state index contributed by atoms with van der Waals surface area (Å²) in [4.78, 5) is 0. The third-order valence-electron chi connectivity index (χ3n) is 5.26. The maximum atomic E-state index is 11.0. The van der Waals surface area contributed by atoms with Gasteiger partial charge in [-0.15, -0.1) is 10.2 Å². The standard InChI is InChI=1S/C25H24N4OS/c1-3-19-8-4-6-10-21(19)26-25(31)28-27-23-20-9-5-7-11-22(20)29(24(23)30)16-18-14-12-17(2)13-15-18/h4-15,30H,3,16H2,1-2H3,(H,26,31). The number of azo groups is 1. The van der Waals surface area contributed by atoms with Crippen LogP contribution < -0.4 is 5.32 Å². The molecule has 0 saturated heterocycles. The molecular formula is C25H24N4OS. The minimum Gasteiger partial charge on any atom is -0.493 e. The van der Waals surface area contributed by atoms with Gasteiger partial charge in [-0.1, -0.05) is 73.2 Å². The van der Waals surface area contributed by atoms with Gasteiger partial charge in [0.1, 0.15) is 0 Å². The van der Waals surface area contributed by atoms with Crippen LogP contribution in [0.3, 0.4) is 0 Å². The second-order valence-corrected chi connectivity index (χ2v) is 7.79. The Labute approximate surface area is 187 Å². The van der Waals surface area contributed by atoms with Crippen LogP contribution in [0.4, 0.5) is 11.4 Å². The van der Waals surface area contributed by atoms with Gasteiger partial charge in [0.25, 0.3) is 0 Å². The second kappa shape index (κ2) is 9.10. The van der Waals surface area contributed by atoms with E-state index in [-0.39, 0.29) is 11.0 Å². The van der Waals surface area contributed by atoms with E-state index >= 15 is 0 Å². The Morgan fingerprint density at radius 1 is 1.00 bits per heavy atom. The number of anilines is 1. The van der Waals surface area contributed by atoms with Crippen LogP contribution in [0.1, 0.15) is 23.6 Å². The summed E-state index contributed by atoms with van der Waals surface area (Å²) in [7, 11) is 0. The monoisotopic (exact) mass is 428 g/mol. The van der Waals surface area contributed by atoms with E-state index in [0.717, 1.165) is 34.1 Å². The van der Waals surface area contributed by atoms with Crippen LogP contribution in [0.2, 0.25) is 0 Å². The van der Waals surface area contributed by atoms with E-state index in [4.69, 9.17) is 12.2 Å². The number of aromatic hydroxyl groups is 1. The third kappa shape index (κ3) is 4.49. The first-order chi connectivity index (χ1) is 15.1. The summed E-state index contributed by atoms with van der Waals surface area (Å²) in [6.07, 6.45) is 0.885. The Morgan fingerprint density at radius 3 is 2.48 bits per heavy atom. The Hall–Kier alpha value is -3.51. The molecule has 0 saturated carbocycles. The predicted octanol–water partition coefficient (Wildman–Crippen LogP) is 6.75. The maximum Gasteiger partial charge on any atom is 0.221 e. The summed E-state index contributed by atoms with van der Waals surface area (Å²) in [5.74, 6) is 0.0716. The van der Waals surface area contributed by atoms with Crippen molar-refractivity contribution in [2.75, 3.05) is 5.32 Å². The van der Waals surface area contributed by atoms with Crippen LogP contribution in [0, 0.1) is 6.92 Å². The molecule has 0 unspecified atom stereocenters. The molecule has 31 heavy (non-hydrogen) atoms. The molecule has 0 aliphatic heterocycles. The molecule has 6 heteroatoms. The summed E-state index contributed by atoms with van der Waals surface area (Å²) < 4.78 is 1.84. The average Bonchev–Trinajstić information content (AvgIpc) is 3.05. The fraction of sp³-hybridized carbons (Fsp3) is 0.160. The molecule has 156 valence electrons. The van der Waals surface area contributed by atoms with Gasteiger partial charge in [0, 0.05) is 11.1 Å². The molecular weight excluding hydrogens is 404 g/mol. The van der Waals surface area contributed by atoms with E-state index in [1.807, 2.05) is 53.1 Å². The van der Waals surface area contributed by atoms with Crippen molar-refractivity contribution < 1.29 is 5.11 Å². The number of hydrogen-bond acceptors (Lipinski definition) is 3. The number of aromatic nitrogens is 1. The fourth-order valence-corrected chi connectivity index (χ4v) is 3.74. The number of fused-ring (bicyclic) bond motifs is 1. The van der Waals surface area contributed by atoms with Crippen LogP contribution in [-0.2, 0) is 13.0 Å². The minimum atomic E-state index is 0.0716. The summed E-state index contributed by atoms with van der Waals surface area (Å²) in [6.45, 7) is 4.68. The quantitative estimate of drug-likeness (QED) is 0.273. The van der Waals surface area contributed by atoms with E-state index in [0.29, 0.717) is 12.2 Å². The molecule has 0 amide bonds. The van der Waals surface area contributed by atoms with Crippen LogP contribution in [0.5, 0.6) is 5.88 Å². The minimum absolute atomic E-state index is 0.0716. The highest BCUT2D eigenvalue weighted by Crippen LogP contribution is 2.39. The molecule has 0 aliphatic carbocycles. The van der Waals surface area contributed by atoms with Gasteiger partial charge in [-0.2, -0.15) is 0 Å².